The maximum atomic E-state index is 11.5. The molecule has 2 aromatic heterocycles. The van der Waals surface area contributed by atoms with Gasteiger partial charge in [0.15, 0.2) is 34.9 Å². The quantitative estimate of drug-likeness (QED) is 0.0786. The molecule has 2 unspecified atom stereocenters. The maximum Gasteiger partial charge on any atom is 0.167 e. The van der Waals surface area contributed by atoms with Crippen molar-refractivity contribution in [3.8, 4) is 91.3 Å². The van der Waals surface area contributed by atoms with Crippen molar-refractivity contribution in [2.75, 3.05) is 20.0 Å². The van der Waals surface area contributed by atoms with Crippen LogP contribution < -0.4 is 9.47 Å². The summed E-state index contributed by atoms with van der Waals surface area (Å²) in [4.78, 5) is 29.5. The first-order chi connectivity index (χ1) is 35.0. The van der Waals surface area contributed by atoms with Gasteiger partial charge >= 0.3 is 0 Å². The molecular formula is C61H66N6O6. The van der Waals surface area contributed by atoms with Gasteiger partial charge in [0, 0.05) is 34.4 Å². The molecule has 0 aliphatic carbocycles. The van der Waals surface area contributed by atoms with E-state index < -0.39 is 0 Å². The standard InChI is InChI=1S/C61H66N6O6/c1-13-44(31-70-46-19-24-51(53(68)29-46)60-64-58(49-22-17-36(5)27-40(49)9)63-59(67-60)50-23-18-37(6)42(11)43(50)12)72-33-73-45(14-2)32-71-55-30-54(69)52(28-41(55)10)61-65-56(47-20-15-34(3)25-38(47)7)62-57(66-61)48-21-16-35(4)26-39(48)8/h15-30,44-45,68-69H,13-14,31-33H2,1-12H3. The average Bonchev–Trinajstić information content (AvgIpc) is 3.35. The third-order valence-electron chi connectivity index (χ3n) is 13.6. The van der Waals surface area contributed by atoms with Gasteiger partial charge in [-0.1, -0.05) is 97.3 Å². The number of hydrogen-bond acceptors (Lipinski definition) is 12. The lowest BCUT2D eigenvalue weighted by molar-refractivity contribution is -0.133. The van der Waals surface area contributed by atoms with Crippen LogP contribution in [0.5, 0.6) is 23.0 Å². The summed E-state index contributed by atoms with van der Waals surface area (Å²) >= 11 is 0. The minimum absolute atomic E-state index is 0.0126. The topological polar surface area (TPSA) is 155 Å². The number of rotatable bonds is 18. The maximum absolute atomic E-state index is 11.5. The highest BCUT2D eigenvalue weighted by Gasteiger charge is 2.22. The second-order valence-electron chi connectivity index (χ2n) is 19.2. The third kappa shape index (κ3) is 11.9. The van der Waals surface area contributed by atoms with Crippen LogP contribution in [0.3, 0.4) is 0 Å². The van der Waals surface area contributed by atoms with Crippen molar-refractivity contribution in [1.29, 1.82) is 0 Å². The van der Waals surface area contributed by atoms with Gasteiger partial charge in [0.05, 0.1) is 23.3 Å². The number of aryl methyl sites for hydroxylation is 8. The van der Waals surface area contributed by atoms with Crippen LogP contribution in [0.2, 0.25) is 0 Å². The molecule has 0 radical (unpaired) electrons. The highest BCUT2D eigenvalue weighted by Crippen LogP contribution is 2.38. The van der Waals surface area contributed by atoms with Crippen molar-refractivity contribution < 1.29 is 29.2 Å². The Morgan fingerprint density at radius 3 is 1.26 bits per heavy atom. The zero-order valence-electron chi connectivity index (χ0n) is 44.1. The van der Waals surface area contributed by atoms with Crippen molar-refractivity contribution in [3.63, 3.8) is 0 Å². The summed E-state index contributed by atoms with van der Waals surface area (Å²) in [6, 6.07) is 31.3. The number of aromatic hydroxyl groups is 2. The summed E-state index contributed by atoms with van der Waals surface area (Å²) in [7, 11) is 0. The number of ether oxygens (including phenoxy) is 4. The molecule has 0 saturated heterocycles. The zero-order valence-corrected chi connectivity index (χ0v) is 44.1. The molecule has 376 valence electrons. The number of aromatic nitrogens is 6. The van der Waals surface area contributed by atoms with Gasteiger partial charge in [-0.2, -0.15) is 0 Å². The molecular weight excluding hydrogens is 913 g/mol. The smallest absolute Gasteiger partial charge is 0.167 e. The average molecular weight is 979 g/mol. The third-order valence-corrected chi connectivity index (χ3v) is 13.6. The van der Waals surface area contributed by atoms with E-state index in [4.69, 9.17) is 48.9 Å². The molecule has 8 rings (SSSR count). The first-order valence-electron chi connectivity index (χ1n) is 25.0. The van der Waals surface area contributed by atoms with E-state index in [1.165, 1.54) is 11.1 Å². The van der Waals surface area contributed by atoms with Crippen molar-refractivity contribution in [3.05, 3.63) is 153 Å². The minimum Gasteiger partial charge on any atom is -0.507 e. The van der Waals surface area contributed by atoms with Crippen LogP contribution in [-0.4, -0.2) is 72.3 Å². The Morgan fingerprint density at radius 2 is 0.795 bits per heavy atom. The van der Waals surface area contributed by atoms with Crippen molar-refractivity contribution in [2.24, 2.45) is 0 Å². The van der Waals surface area contributed by atoms with Gasteiger partial charge in [-0.15, -0.1) is 0 Å². The van der Waals surface area contributed by atoms with E-state index in [1.54, 1.807) is 24.3 Å². The normalized spacial score (nSPS) is 12.2. The van der Waals surface area contributed by atoms with Gasteiger partial charge in [-0.25, -0.2) is 29.9 Å². The SMILES string of the molecule is CCC(COc1ccc(-c2nc(-c3ccc(C)cc3C)nc(-c3ccc(C)c(C)c3C)n2)c(O)c1)OCOC(CC)COc1cc(O)c(-c2nc(-c3ccc(C)cc3C)nc(-c3ccc(C)cc3C)n2)cc1C. The lowest BCUT2D eigenvalue weighted by atomic mass is 9.98. The van der Waals surface area contributed by atoms with E-state index in [0.29, 0.717) is 70.4 Å². The molecule has 8 aromatic rings. The summed E-state index contributed by atoms with van der Waals surface area (Å²) in [6.45, 7) is 25.1. The molecule has 0 spiro atoms. The molecule has 0 aliphatic rings. The van der Waals surface area contributed by atoms with Gasteiger partial charge in [0.2, 0.25) is 0 Å². The first-order valence-corrected chi connectivity index (χ1v) is 25.0. The largest absolute Gasteiger partial charge is 0.507 e. The molecule has 0 aliphatic heterocycles. The molecule has 2 N–H and O–H groups in total. The van der Waals surface area contributed by atoms with Crippen LogP contribution in [0.4, 0.5) is 0 Å². The van der Waals surface area contributed by atoms with E-state index in [-0.39, 0.29) is 43.7 Å². The molecule has 0 amide bonds. The molecule has 2 heterocycles. The van der Waals surface area contributed by atoms with Gasteiger partial charge in [0.1, 0.15) is 43.0 Å². The van der Waals surface area contributed by atoms with Crippen molar-refractivity contribution >= 4 is 0 Å². The van der Waals surface area contributed by atoms with Crippen LogP contribution in [0.15, 0.2) is 97.1 Å². The lowest BCUT2D eigenvalue weighted by Gasteiger charge is -2.21. The van der Waals surface area contributed by atoms with Gasteiger partial charge in [-0.3, -0.25) is 0 Å². The second-order valence-corrected chi connectivity index (χ2v) is 19.2. The lowest BCUT2D eigenvalue weighted by Crippen LogP contribution is -2.27. The fourth-order valence-corrected chi connectivity index (χ4v) is 8.84. The zero-order chi connectivity index (χ0) is 52.1. The summed E-state index contributed by atoms with van der Waals surface area (Å²) in [5.41, 5.74) is 15.4. The van der Waals surface area contributed by atoms with E-state index in [1.807, 2.05) is 90.1 Å². The number of hydrogen-bond donors (Lipinski definition) is 2. The molecule has 12 nitrogen and oxygen atoms in total. The molecule has 0 saturated carbocycles. The van der Waals surface area contributed by atoms with Gasteiger partial charge in [0.25, 0.3) is 0 Å². The fourth-order valence-electron chi connectivity index (χ4n) is 8.84. The minimum atomic E-state index is -0.293. The molecule has 2 atom stereocenters. The predicted molar refractivity (Wildman–Crippen MR) is 289 cm³/mol. The van der Waals surface area contributed by atoms with Crippen LogP contribution >= 0.6 is 0 Å². The second kappa shape index (κ2) is 22.5. The van der Waals surface area contributed by atoms with Gasteiger partial charge < -0.3 is 29.2 Å². The highest BCUT2D eigenvalue weighted by molar-refractivity contribution is 5.75. The Morgan fingerprint density at radius 1 is 0.384 bits per heavy atom. The van der Waals surface area contributed by atoms with Crippen molar-refractivity contribution in [1.82, 2.24) is 29.9 Å². The Kier molecular flexibility index (Phi) is 16.0. The van der Waals surface area contributed by atoms with Crippen molar-refractivity contribution in [2.45, 2.75) is 108 Å². The summed E-state index contributed by atoms with van der Waals surface area (Å²) in [6.07, 6.45) is 0.745. The Bertz CT molecular complexity index is 3250. The van der Waals surface area contributed by atoms with Crippen LogP contribution in [0.1, 0.15) is 82.3 Å². The Hall–Kier alpha value is -7.54. The number of nitrogens with zero attached hydrogens (tertiary/aromatic N) is 6. The summed E-state index contributed by atoms with van der Waals surface area (Å²) in [5.74, 6) is 3.81. The van der Waals surface area contributed by atoms with Crippen LogP contribution in [-0.2, 0) is 9.47 Å². The fraction of sp³-hybridized carbons (Fsp3) is 0.311. The number of phenols is 2. The Balaban J connectivity index is 0.913. The van der Waals surface area contributed by atoms with E-state index in [0.717, 1.165) is 66.8 Å². The summed E-state index contributed by atoms with van der Waals surface area (Å²) in [5, 5.41) is 23.0. The number of phenolic OH excluding ortho intramolecular Hbond substituents is 2. The first kappa shape index (κ1) is 51.8. The number of benzene rings is 6. The highest BCUT2D eigenvalue weighted by atomic mass is 16.7. The molecule has 0 bridgehead atoms. The Labute approximate surface area is 429 Å². The van der Waals surface area contributed by atoms with E-state index in [9.17, 15) is 10.2 Å². The molecule has 6 aromatic carbocycles. The molecule has 12 heteroatoms. The van der Waals surface area contributed by atoms with Crippen LogP contribution in [0.25, 0.3) is 68.3 Å². The van der Waals surface area contributed by atoms with E-state index >= 15 is 0 Å². The summed E-state index contributed by atoms with van der Waals surface area (Å²) < 4.78 is 24.7. The van der Waals surface area contributed by atoms with Crippen LogP contribution in [0, 0.1) is 69.2 Å². The van der Waals surface area contributed by atoms with E-state index in [2.05, 4.69) is 65.8 Å². The monoisotopic (exact) mass is 979 g/mol. The predicted octanol–water partition coefficient (Wildman–Crippen LogP) is 13.6. The molecule has 73 heavy (non-hydrogen) atoms. The molecule has 0 fully saturated rings. The van der Waals surface area contributed by atoms with Gasteiger partial charge in [-0.05, 0) is 139 Å².